The van der Waals surface area contributed by atoms with Crippen molar-refractivity contribution in [1.82, 2.24) is 34.7 Å². The van der Waals surface area contributed by atoms with Crippen LogP contribution in [-0.2, 0) is 27.7 Å². The lowest BCUT2D eigenvalue weighted by Gasteiger charge is -2.09. The normalized spacial score (nSPS) is 10.9. The summed E-state index contributed by atoms with van der Waals surface area (Å²) in [5.74, 6) is -0.666. The van der Waals surface area contributed by atoms with Crippen LogP contribution < -0.4 is 10.6 Å². The molecule has 0 aliphatic heterocycles. The summed E-state index contributed by atoms with van der Waals surface area (Å²) >= 11 is 0. The van der Waals surface area contributed by atoms with Crippen LogP contribution in [-0.4, -0.2) is 41.2 Å². The predicted octanol–water partition coefficient (Wildman–Crippen LogP) is 0.686. The molecule has 0 atom stereocenters. The Balaban J connectivity index is 1.77. The Labute approximate surface area is 156 Å². The zero-order valence-electron chi connectivity index (χ0n) is 15.9. The fourth-order valence-corrected chi connectivity index (χ4v) is 2.91. The van der Waals surface area contributed by atoms with Gasteiger partial charge < -0.3 is 10.6 Å². The summed E-state index contributed by atoms with van der Waals surface area (Å²) in [6.07, 6.45) is 4.96. The molecule has 0 bridgehead atoms. The van der Waals surface area contributed by atoms with Crippen molar-refractivity contribution >= 4 is 17.5 Å². The molecule has 10 heteroatoms. The average molecular weight is 370 g/mol. The molecule has 2 N–H and O–H groups in total. The molecule has 0 unspecified atom stereocenters. The number of amides is 2. The zero-order chi connectivity index (χ0) is 19.7. The number of hydrogen-bond donors (Lipinski definition) is 2. The number of carbonyl (C=O) groups is 2. The summed E-state index contributed by atoms with van der Waals surface area (Å²) in [5.41, 5.74) is 3.35. The molecule has 3 aromatic heterocycles. The summed E-state index contributed by atoms with van der Waals surface area (Å²) in [7, 11) is 5.23. The van der Waals surface area contributed by atoms with Crippen LogP contribution in [0.15, 0.2) is 18.6 Å². The lowest BCUT2D eigenvalue weighted by Crippen LogP contribution is -2.26. The first-order chi connectivity index (χ1) is 12.8. The van der Waals surface area contributed by atoms with Crippen molar-refractivity contribution in [2.45, 2.75) is 20.4 Å². The molecule has 3 rings (SSSR count). The third kappa shape index (κ3) is 3.59. The molecule has 0 radical (unpaired) electrons. The molecule has 0 saturated heterocycles. The Morgan fingerprint density at radius 1 is 1.04 bits per heavy atom. The Kier molecular flexibility index (Phi) is 4.80. The Hall–Kier alpha value is -3.43. The van der Waals surface area contributed by atoms with E-state index >= 15 is 0 Å². The van der Waals surface area contributed by atoms with Crippen LogP contribution in [0.25, 0.3) is 0 Å². The fraction of sp³-hybridized carbons (Fsp3) is 0.353. The summed E-state index contributed by atoms with van der Waals surface area (Å²) in [5, 5.41) is 18.0. The number of nitrogens with one attached hydrogen (secondary N) is 2. The van der Waals surface area contributed by atoms with E-state index in [1.165, 1.54) is 10.9 Å². The number of aryl methyl sites for hydroxylation is 4. The van der Waals surface area contributed by atoms with Gasteiger partial charge in [0.25, 0.3) is 11.8 Å². The second-order valence-electron chi connectivity index (χ2n) is 6.36. The molecule has 10 nitrogen and oxygen atoms in total. The monoisotopic (exact) mass is 370 g/mol. The van der Waals surface area contributed by atoms with Crippen LogP contribution in [0.3, 0.4) is 0 Å². The molecule has 0 aromatic carbocycles. The van der Waals surface area contributed by atoms with Gasteiger partial charge in [-0.2, -0.15) is 15.3 Å². The number of aromatic nitrogens is 6. The van der Waals surface area contributed by atoms with Crippen LogP contribution in [0.5, 0.6) is 0 Å². The maximum absolute atomic E-state index is 12.7. The molecule has 2 amide bonds. The van der Waals surface area contributed by atoms with E-state index in [-0.39, 0.29) is 17.5 Å². The van der Waals surface area contributed by atoms with Crippen molar-refractivity contribution in [3.63, 3.8) is 0 Å². The number of hydrogen-bond acceptors (Lipinski definition) is 5. The molecule has 27 heavy (non-hydrogen) atoms. The molecule has 142 valence electrons. The van der Waals surface area contributed by atoms with Gasteiger partial charge in [0.05, 0.1) is 29.3 Å². The minimum absolute atomic E-state index is 0.270. The Morgan fingerprint density at radius 2 is 1.78 bits per heavy atom. The van der Waals surface area contributed by atoms with Crippen molar-refractivity contribution in [1.29, 1.82) is 0 Å². The third-order valence-electron chi connectivity index (χ3n) is 4.35. The minimum atomic E-state index is -0.339. The topological polar surface area (TPSA) is 112 Å². The molecular weight excluding hydrogens is 348 g/mol. The van der Waals surface area contributed by atoms with Crippen LogP contribution >= 0.6 is 0 Å². The van der Waals surface area contributed by atoms with Gasteiger partial charge in [0, 0.05) is 45.1 Å². The quantitative estimate of drug-likeness (QED) is 0.686. The highest BCUT2D eigenvalue weighted by molar-refractivity contribution is 6.09. The van der Waals surface area contributed by atoms with Crippen molar-refractivity contribution in [2.24, 2.45) is 21.1 Å². The summed E-state index contributed by atoms with van der Waals surface area (Å²) in [6.45, 7) is 3.92. The van der Waals surface area contributed by atoms with E-state index in [9.17, 15) is 9.59 Å². The van der Waals surface area contributed by atoms with Crippen molar-refractivity contribution < 1.29 is 9.59 Å². The van der Waals surface area contributed by atoms with Gasteiger partial charge in [-0.15, -0.1) is 0 Å². The van der Waals surface area contributed by atoms with E-state index in [1.807, 2.05) is 20.2 Å². The predicted molar refractivity (Wildman–Crippen MR) is 98.2 cm³/mol. The first-order valence-electron chi connectivity index (χ1n) is 8.37. The van der Waals surface area contributed by atoms with Crippen LogP contribution in [0, 0.1) is 13.8 Å². The van der Waals surface area contributed by atoms with Gasteiger partial charge >= 0.3 is 0 Å². The van der Waals surface area contributed by atoms with Gasteiger partial charge in [0.15, 0.2) is 0 Å². The fourth-order valence-electron chi connectivity index (χ4n) is 2.91. The van der Waals surface area contributed by atoms with E-state index in [2.05, 4.69) is 25.9 Å². The summed E-state index contributed by atoms with van der Waals surface area (Å²) in [4.78, 5) is 25.3. The molecule has 0 saturated carbocycles. The van der Waals surface area contributed by atoms with Gasteiger partial charge in [0.2, 0.25) is 0 Å². The smallest absolute Gasteiger partial charge is 0.271 e. The van der Waals surface area contributed by atoms with E-state index in [4.69, 9.17) is 0 Å². The highest BCUT2D eigenvalue weighted by atomic mass is 16.2. The highest BCUT2D eigenvalue weighted by Gasteiger charge is 2.22. The van der Waals surface area contributed by atoms with Crippen molar-refractivity contribution in [3.05, 3.63) is 46.8 Å². The van der Waals surface area contributed by atoms with Crippen LogP contribution in [0.4, 0.5) is 5.69 Å². The highest BCUT2D eigenvalue weighted by Crippen LogP contribution is 2.18. The molecule has 0 aliphatic rings. The SMILES string of the molecule is Cc1nn(C)c(C)c1C(=O)Nc1cnn(C)c1C(=O)NCc1cnn(C)c1. The van der Waals surface area contributed by atoms with Gasteiger partial charge in [0.1, 0.15) is 5.69 Å². The average Bonchev–Trinajstić information content (AvgIpc) is 3.24. The second-order valence-corrected chi connectivity index (χ2v) is 6.36. The molecule has 0 spiro atoms. The molecule has 3 heterocycles. The lowest BCUT2D eigenvalue weighted by atomic mass is 10.2. The van der Waals surface area contributed by atoms with E-state index in [1.54, 1.807) is 36.6 Å². The summed E-state index contributed by atoms with van der Waals surface area (Å²) in [6, 6.07) is 0. The van der Waals surface area contributed by atoms with Crippen molar-refractivity contribution in [2.75, 3.05) is 5.32 Å². The molecule has 0 fully saturated rings. The van der Waals surface area contributed by atoms with Gasteiger partial charge in [-0.25, -0.2) is 0 Å². The third-order valence-corrected chi connectivity index (χ3v) is 4.35. The van der Waals surface area contributed by atoms with E-state index in [0.717, 1.165) is 11.3 Å². The number of nitrogens with zero attached hydrogens (tertiary/aromatic N) is 6. The summed E-state index contributed by atoms with van der Waals surface area (Å²) < 4.78 is 4.74. The lowest BCUT2D eigenvalue weighted by molar-refractivity contribution is 0.0942. The van der Waals surface area contributed by atoms with Gasteiger partial charge in [-0.05, 0) is 13.8 Å². The van der Waals surface area contributed by atoms with Crippen molar-refractivity contribution in [3.8, 4) is 0 Å². The number of carbonyl (C=O) groups excluding carboxylic acids is 2. The van der Waals surface area contributed by atoms with Gasteiger partial charge in [-0.3, -0.25) is 23.6 Å². The van der Waals surface area contributed by atoms with Gasteiger partial charge in [-0.1, -0.05) is 0 Å². The maximum atomic E-state index is 12.7. The molecule has 3 aromatic rings. The zero-order valence-corrected chi connectivity index (χ0v) is 15.9. The molecular formula is C17H22N8O2. The van der Waals surface area contributed by atoms with E-state index in [0.29, 0.717) is 23.5 Å². The maximum Gasteiger partial charge on any atom is 0.271 e. The molecule has 0 aliphatic carbocycles. The second kappa shape index (κ2) is 7.06. The minimum Gasteiger partial charge on any atom is -0.346 e. The Bertz CT molecular complexity index is 1010. The standard InChI is InChI=1S/C17H22N8O2/c1-10-14(11(2)24(4)22-10)16(26)21-13-8-20-25(5)15(13)17(27)18-6-12-7-19-23(3)9-12/h7-9H,6H2,1-5H3,(H,18,27)(H,21,26). The largest absolute Gasteiger partial charge is 0.346 e. The van der Waals surface area contributed by atoms with E-state index < -0.39 is 0 Å². The number of rotatable bonds is 5. The first-order valence-corrected chi connectivity index (χ1v) is 8.37. The van der Waals surface area contributed by atoms with Crippen LogP contribution in [0.2, 0.25) is 0 Å². The first kappa shape index (κ1) is 18.4. The van der Waals surface area contributed by atoms with Crippen LogP contribution in [0.1, 0.15) is 37.8 Å². The number of anilines is 1. The Morgan fingerprint density at radius 3 is 2.37 bits per heavy atom.